The predicted octanol–water partition coefficient (Wildman–Crippen LogP) is 4.77. The van der Waals surface area contributed by atoms with Crippen LogP contribution >= 0.6 is 0 Å². The molecule has 0 saturated carbocycles. The molecule has 1 aliphatic rings. The van der Waals surface area contributed by atoms with Crippen LogP contribution in [0.5, 0.6) is 0 Å². The number of aromatic nitrogens is 2. The standard InChI is InChI=1S/C27H30F2N2O2/c1-4-27(5-2)19(12-15-30-13-8-7-11-24(30)26(32)33-3)18-31-14-9-6-10-23(31)25-21(27)16-20(28)17-22(25)29/h6-11,13-14,16-17,19H,4-5,12,15,18H2,1-3H3/q+2. The van der Waals surface area contributed by atoms with Crippen LogP contribution in [0, 0.1) is 17.6 Å². The van der Waals surface area contributed by atoms with Crippen molar-refractivity contribution in [3.8, 4) is 11.3 Å². The molecule has 0 amide bonds. The fourth-order valence-electron chi connectivity index (χ4n) is 5.55. The molecular formula is C27H30F2N2O2+2. The van der Waals surface area contributed by atoms with Gasteiger partial charge in [-0.05, 0) is 36.6 Å². The predicted molar refractivity (Wildman–Crippen MR) is 120 cm³/mol. The van der Waals surface area contributed by atoms with Gasteiger partial charge >= 0.3 is 5.97 Å². The number of aryl methyl sites for hydroxylation is 1. The first kappa shape index (κ1) is 23.0. The molecule has 4 rings (SSSR count). The molecule has 6 heteroatoms. The number of rotatable bonds is 6. The summed E-state index contributed by atoms with van der Waals surface area (Å²) in [5.74, 6) is -1.37. The zero-order chi connectivity index (χ0) is 23.6. The van der Waals surface area contributed by atoms with Crippen LogP contribution in [-0.2, 0) is 23.2 Å². The van der Waals surface area contributed by atoms with E-state index in [9.17, 15) is 9.18 Å². The van der Waals surface area contributed by atoms with E-state index in [1.807, 2.05) is 47.3 Å². The molecule has 0 spiro atoms. The lowest BCUT2D eigenvalue weighted by Gasteiger charge is -2.38. The van der Waals surface area contributed by atoms with E-state index >= 15 is 4.39 Å². The quantitative estimate of drug-likeness (QED) is 0.399. The Bertz CT molecular complexity index is 1170. The van der Waals surface area contributed by atoms with Crippen molar-refractivity contribution in [1.82, 2.24) is 0 Å². The third-order valence-corrected chi connectivity index (χ3v) is 7.30. The third kappa shape index (κ3) is 4.03. The fraction of sp³-hybridized carbons (Fsp3) is 0.370. The molecule has 0 saturated heterocycles. The van der Waals surface area contributed by atoms with Gasteiger partial charge in [0.2, 0.25) is 5.69 Å². The van der Waals surface area contributed by atoms with Crippen LogP contribution in [0.1, 0.15) is 49.2 Å². The summed E-state index contributed by atoms with van der Waals surface area (Å²) in [6, 6.07) is 13.7. The number of ether oxygens (including phenoxy) is 1. The van der Waals surface area contributed by atoms with Gasteiger partial charge in [0.1, 0.15) is 18.2 Å². The summed E-state index contributed by atoms with van der Waals surface area (Å²) in [6.45, 7) is 5.46. The number of methoxy groups -OCH3 is 1. The Labute approximate surface area is 193 Å². The Morgan fingerprint density at radius 3 is 2.55 bits per heavy atom. The molecule has 0 bridgehead atoms. The first-order valence-electron chi connectivity index (χ1n) is 11.5. The number of halogens is 2. The highest BCUT2D eigenvalue weighted by Gasteiger charge is 2.46. The van der Waals surface area contributed by atoms with Gasteiger partial charge < -0.3 is 4.74 Å². The van der Waals surface area contributed by atoms with E-state index in [1.54, 1.807) is 6.07 Å². The number of pyridine rings is 2. The molecule has 172 valence electrons. The number of esters is 1. The smallest absolute Gasteiger partial charge is 0.403 e. The Balaban J connectivity index is 1.83. The molecule has 2 aromatic heterocycles. The molecule has 3 heterocycles. The monoisotopic (exact) mass is 452 g/mol. The van der Waals surface area contributed by atoms with E-state index in [0.29, 0.717) is 24.3 Å². The third-order valence-electron chi connectivity index (χ3n) is 7.30. The minimum absolute atomic E-state index is 0.0966. The van der Waals surface area contributed by atoms with Gasteiger partial charge in [-0.1, -0.05) is 13.8 Å². The van der Waals surface area contributed by atoms with Crippen LogP contribution in [0.4, 0.5) is 8.78 Å². The molecule has 1 atom stereocenters. The van der Waals surface area contributed by atoms with E-state index in [4.69, 9.17) is 4.74 Å². The molecule has 1 unspecified atom stereocenters. The lowest BCUT2D eigenvalue weighted by Crippen LogP contribution is -2.47. The van der Waals surface area contributed by atoms with E-state index in [0.717, 1.165) is 36.6 Å². The van der Waals surface area contributed by atoms with Gasteiger partial charge in [0.05, 0.1) is 12.7 Å². The van der Waals surface area contributed by atoms with Crippen molar-refractivity contribution >= 4 is 5.97 Å². The summed E-state index contributed by atoms with van der Waals surface area (Å²) >= 11 is 0. The lowest BCUT2D eigenvalue weighted by atomic mass is 9.64. The van der Waals surface area contributed by atoms with Gasteiger partial charge in [0.25, 0.3) is 5.69 Å². The number of fused-ring (bicyclic) bond motifs is 3. The molecule has 1 aliphatic heterocycles. The normalized spacial score (nSPS) is 16.5. The van der Waals surface area contributed by atoms with Crippen LogP contribution in [0.3, 0.4) is 0 Å². The largest absolute Gasteiger partial charge is 0.461 e. The zero-order valence-electron chi connectivity index (χ0n) is 19.4. The van der Waals surface area contributed by atoms with E-state index in [1.165, 1.54) is 13.2 Å². The van der Waals surface area contributed by atoms with E-state index in [-0.39, 0.29) is 11.9 Å². The van der Waals surface area contributed by atoms with Crippen molar-refractivity contribution in [2.75, 3.05) is 7.11 Å². The van der Waals surface area contributed by atoms with E-state index in [2.05, 4.69) is 18.4 Å². The van der Waals surface area contributed by atoms with Crippen LogP contribution in [0.15, 0.2) is 60.9 Å². The molecule has 4 nitrogen and oxygen atoms in total. The summed E-state index contributed by atoms with van der Waals surface area (Å²) in [7, 11) is 1.37. The highest BCUT2D eigenvalue weighted by Crippen LogP contribution is 2.47. The second-order valence-electron chi connectivity index (χ2n) is 8.67. The molecule has 33 heavy (non-hydrogen) atoms. The van der Waals surface area contributed by atoms with Crippen molar-refractivity contribution < 1.29 is 27.4 Å². The summed E-state index contributed by atoms with van der Waals surface area (Å²) in [5, 5.41) is 0. The Hall–Kier alpha value is -3.15. The van der Waals surface area contributed by atoms with Crippen molar-refractivity contribution in [3.63, 3.8) is 0 Å². The molecule has 0 radical (unpaired) electrons. The number of benzene rings is 1. The highest BCUT2D eigenvalue weighted by molar-refractivity contribution is 5.85. The summed E-state index contributed by atoms with van der Waals surface area (Å²) < 4.78 is 38.7. The van der Waals surface area contributed by atoms with Gasteiger partial charge in [0, 0.05) is 48.1 Å². The van der Waals surface area contributed by atoms with Crippen molar-refractivity contribution in [1.29, 1.82) is 0 Å². The second kappa shape index (κ2) is 9.38. The highest BCUT2D eigenvalue weighted by atomic mass is 19.1. The van der Waals surface area contributed by atoms with E-state index < -0.39 is 17.0 Å². The Morgan fingerprint density at radius 1 is 1.09 bits per heavy atom. The van der Waals surface area contributed by atoms with Crippen molar-refractivity contribution in [2.24, 2.45) is 5.92 Å². The Morgan fingerprint density at radius 2 is 1.82 bits per heavy atom. The first-order valence-corrected chi connectivity index (χ1v) is 11.5. The van der Waals surface area contributed by atoms with Crippen LogP contribution < -0.4 is 9.13 Å². The number of hydrogen-bond donors (Lipinski definition) is 0. The van der Waals surface area contributed by atoms with Crippen LogP contribution in [-0.4, -0.2) is 13.1 Å². The van der Waals surface area contributed by atoms with Crippen molar-refractivity contribution in [2.45, 2.75) is 51.6 Å². The minimum atomic E-state index is -0.550. The SMILES string of the molecule is CCC1(CC)c2cc(F)cc(F)c2-c2cccc[n+]2CC1CC[n+]1ccccc1C(=O)OC. The van der Waals surface area contributed by atoms with Gasteiger partial charge in [-0.15, -0.1) is 0 Å². The lowest BCUT2D eigenvalue weighted by molar-refractivity contribution is -0.710. The Kier molecular flexibility index (Phi) is 6.54. The summed E-state index contributed by atoms with van der Waals surface area (Å²) in [4.78, 5) is 12.3. The molecule has 1 aromatic carbocycles. The fourth-order valence-corrected chi connectivity index (χ4v) is 5.55. The molecule has 3 aromatic rings. The maximum Gasteiger partial charge on any atom is 0.403 e. The summed E-state index contributed by atoms with van der Waals surface area (Å²) in [6.07, 6.45) is 6.08. The number of carbonyl (C=O) groups is 1. The summed E-state index contributed by atoms with van der Waals surface area (Å²) in [5.41, 5.74) is 2.06. The number of carbonyl (C=O) groups excluding carboxylic acids is 1. The topological polar surface area (TPSA) is 34.1 Å². The molecule has 0 aliphatic carbocycles. The average Bonchev–Trinajstić information content (AvgIpc) is 2.94. The van der Waals surface area contributed by atoms with Gasteiger partial charge in [0.15, 0.2) is 18.9 Å². The van der Waals surface area contributed by atoms with Gasteiger partial charge in [-0.2, -0.15) is 9.13 Å². The maximum absolute atomic E-state index is 15.3. The van der Waals surface area contributed by atoms with Crippen LogP contribution in [0.25, 0.3) is 11.3 Å². The zero-order valence-corrected chi connectivity index (χ0v) is 19.4. The van der Waals surface area contributed by atoms with Gasteiger partial charge in [-0.3, -0.25) is 0 Å². The number of nitrogens with zero attached hydrogens (tertiary/aromatic N) is 2. The first-order chi connectivity index (χ1) is 15.9. The minimum Gasteiger partial charge on any atom is -0.461 e. The molecule has 0 fully saturated rings. The molecule has 0 N–H and O–H groups in total. The van der Waals surface area contributed by atoms with Gasteiger partial charge in [-0.25, -0.2) is 13.6 Å². The van der Waals surface area contributed by atoms with Crippen molar-refractivity contribution in [3.05, 3.63) is 83.8 Å². The molecular weight excluding hydrogens is 422 g/mol. The average molecular weight is 453 g/mol. The second-order valence-corrected chi connectivity index (χ2v) is 8.67. The number of hydrogen-bond acceptors (Lipinski definition) is 2. The maximum atomic E-state index is 15.3. The van der Waals surface area contributed by atoms with Crippen LogP contribution in [0.2, 0.25) is 0 Å².